The van der Waals surface area contributed by atoms with Crippen molar-refractivity contribution in [2.45, 2.75) is 64.6 Å². The van der Waals surface area contributed by atoms with E-state index in [0.717, 1.165) is 19.4 Å². The third-order valence-electron chi connectivity index (χ3n) is 4.82. The van der Waals surface area contributed by atoms with Gasteiger partial charge in [0.25, 0.3) is 0 Å². The van der Waals surface area contributed by atoms with Gasteiger partial charge in [-0.3, -0.25) is 0 Å². The van der Waals surface area contributed by atoms with E-state index in [9.17, 15) is 5.11 Å². The van der Waals surface area contributed by atoms with Crippen LogP contribution in [0.3, 0.4) is 0 Å². The highest BCUT2D eigenvalue weighted by molar-refractivity contribution is 7.99. The molecule has 0 bridgehead atoms. The molecular formula is C15H28O2S. The Morgan fingerprint density at radius 2 is 2.06 bits per heavy atom. The summed E-state index contributed by atoms with van der Waals surface area (Å²) in [5, 5.41) is 9.69. The van der Waals surface area contributed by atoms with Crippen LogP contribution in [0.25, 0.3) is 0 Å². The van der Waals surface area contributed by atoms with Gasteiger partial charge in [0.15, 0.2) is 0 Å². The molecule has 2 fully saturated rings. The molecule has 1 N–H and O–H groups in total. The van der Waals surface area contributed by atoms with E-state index in [2.05, 4.69) is 25.6 Å². The molecule has 2 nitrogen and oxygen atoms in total. The summed E-state index contributed by atoms with van der Waals surface area (Å²) >= 11 is 2.06. The molecule has 106 valence electrons. The fourth-order valence-corrected chi connectivity index (χ4v) is 4.95. The SMILES string of the molecule is CC(O)CC(C)(C)C1CCOC2(CCSCC2)C1. The Kier molecular flexibility index (Phi) is 4.66. The Labute approximate surface area is 116 Å². The van der Waals surface area contributed by atoms with Crippen molar-refractivity contribution in [1.82, 2.24) is 0 Å². The van der Waals surface area contributed by atoms with Crippen molar-refractivity contribution in [2.24, 2.45) is 11.3 Å². The number of thioether (sulfide) groups is 1. The van der Waals surface area contributed by atoms with E-state index in [-0.39, 0.29) is 17.1 Å². The van der Waals surface area contributed by atoms with Crippen molar-refractivity contribution in [1.29, 1.82) is 0 Å². The largest absolute Gasteiger partial charge is 0.393 e. The summed E-state index contributed by atoms with van der Waals surface area (Å²) in [5.74, 6) is 3.21. The molecule has 0 aliphatic carbocycles. The van der Waals surface area contributed by atoms with Crippen LogP contribution in [-0.4, -0.2) is 34.9 Å². The zero-order chi connectivity index (χ0) is 13.2. The van der Waals surface area contributed by atoms with Gasteiger partial charge in [0.05, 0.1) is 11.7 Å². The predicted molar refractivity (Wildman–Crippen MR) is 78.0 cm³/mol. The molecule has 2 heterocycles. The lowest BCUT2D eigenvalue weighted by molar-refractivity contribution is -0.124. The van der Waals surface area contributed by atoms with Crippen molar-refractivity contribution < 1.29 is 9.84 Å². The van der Waals surface area contributed by atoms with E-state index in [4.69, 9.17) is 4.74 Å². The van der Waals surface area contributed by atoms with Crippen LogP contribution in [0.15, 0.2) is 0 Å². The second kappa shape index (κ2) is 5.72. The minimum Gasteiger partial charge on any atom is -0.393 e. The van der Waals surface area contributed by atoms with E-state index >= 15 is 0 Å². The molecule has 0 amide bonds. The zero-order valence-corrected chi connectivity index (χ0v) is 12.9. The average Bonchev–Trinajstić information content (AvgIpc) is 2.28. The summed E-state index contributed by atoms with van der Waals surface area (Å²) in [6.45, 7) is 7.47. The molecule has 2 rings (SSSR count). The first-order chi connectivity index (χ1) is 8.44. The highest BCUT2D eigenvalue weighted by atomic mass is 32.2. The molecule has 2 aliphatic heterocycles. The molecule has 2 aliphatic rings. The highest BCUT2D eigenvalue weighted by Crippen LogP contribution is 2.47. The van der Waals surface area contributed by atoms with E-state index in [1.54, 1.807) is 0 Å². The maximum atomic E-state index is 9.69. The van der Waals surface area contributed by atoms with E-state index < -0.39 is 0 Å². The maximum Gasteiger partial charge on any atom is 0.0701 e. The average molecular weight is 272 g/mol. The Morgan fingerprint density at radius 1 is 1.39 bits per heavy atom. The minimum atomic E-state index is -0.194. The van der Waals surface area contributed by atoms with E-state index in [1.807, 2.05) is 6.92 Å². The number of hydrogen-bond acceptors (Lipinski definition) is 3. The van der Waals surface area contributed by atoms with E-state index in [1.165, 1.54) is 30.8 Å². The molecule has 1 spiro atoms. The van der Waals surface area contributed by atoms with Crippen molar-refractivity contribution in [3.8, 4) is 0 Å². The van der Waals surface area contributed by atoms with Gasteiger partial charge in [-0.25, -0.2) is 0 Å². The topological polar surface area (TPSA) is 29.5 Å². The van der Waals surface area contributed by atoms with Gasteiger partial charge in [-0.15, -0.1) is 0 Å². The molecule has 0 saturated carbocycles. The molecule has 2 atom stereocenters. The van der Waals surface area contributed by atoms with Gasteiger partial charge < -0.3 is 9.84 Å². The molecule has 2 unspecified atom stereocenters. The van der Waals surface area contributed by atoms with Crippen molar-refractivity contribution in [3.05, 3.63) is 0 Å². The first-order valence-electron chi connectivity index (χ1n) is 7.33. The summed E-state index contributed by atoms with van der Waals surface area (Å²) in [6, 6.07) is 0. The summed E-state index contributed by atoms with van der Waals surface area (Å²) < 4.78 is 6.16. The van der Waals surface area contributed by atoms with Gasteiger partial charge >= 0.3 is 0 Å². The van der Waals surface area contributed by atoms with Crippen molar-refractivity contribution >= 4 is 11.8 Å². The quantitative estimate of drug-likeness (QED) is 0.853. The van der Waals surface area contributed by atoms with Gasteiger partial charge in [0, 0.05) is 6.61 Å². The minimum absolute atomic E-state index is 0.171. The maximum absolute atomic E-state index is 9.69. The lowest BCUT2D eigenvalue weighted by Crippen LogP contribution is -2.46. The van der Waals surface area contributed by atoms with Crippen LogP contribution in [0.5, 0.6) is 0 Å². The molecule has 0 aromatic carbocycles. The Morgan fingerprint density at radius 3 is 2.67 bits per heavy atom. The van der Waals surface area contributed by atoms with Crippen LogP contribution in [0.2, 0.25) is 0 Å². The van der Waals surface area contributed by atoms with Crippen molar-refractivity contribution in [2.75, 3.05) is 18.1 Å². The summed E-state index contributed by atoms with van der Waals surface area (Å²) in [7, 11) is 0. The first kappa shape index (κ1) is 14.7. The number of rotatable bonds is 3. The van der Waals surface area contributed by atoms with Gasteiger partial charge in [-0.05, 0) is 61.9 Å². The van der Waals surface area contributed by atoms with Crippen molar-refractivity contribution in [3.63, 3.8) is 0 Å². The molecule has 0 aromatic rings. The lowest BCUT2D eigenvalue weighted by Gasteiger charge is -2.48. The molecule has 18 heavy (non-hydrogen) atoms. The van der Waals surface area contributed by atoms with Gasteiger partial charge in [-0.1, -0.05) is 13.8 Å². The van der Waals surface area contributed by atoms with Crippen LogP contribution in [-0.2, 0) is 4.74 Å². The monoisotopic (exact) mass is 272 g/mol. The number of aliphatic hydroxyl groups is 1. The fourth-order valence-electron chi connectivity index (χ4n) is 3.71. The van der Waals surface area contributed by atoms with Crippen LogP contribution in [0.1, 0.15) is 52.9 Å². The smallest absolute Gasteiger partial charge is 0.0701 e. The standard InChI is InChI=1S/C15H28O2S/c1-12(16)10-14(2,3)13-4-7-17-15(11-13)5-8-18-9-6-15/h12-13,16H,4-11H2,1-3H3. The molecule has 0 radical (unpaired) electrons. The Hall–Kier alpha value is 0.270. The molecule has 3 heteroatoms. The van der Waals surface area contributed by atoms with Gasteiger partial charge in [0.2, 0.25) is 0 Å². The third kappa shape index (κ3) is 3.43. The van der Waals surface area contributed by atoms with Gasteiger partial charge in [0.1, 0.15) is 0 Å². The van der Waals surface area contributed by atoms with Crippen LogP contribution in [0.4, 0.5) is 0 Å². The lowest BCUT2D eigenvalue weighted by atomic mass is 9.67. The third-order valence-corrected chi connectivity index (χ3v) is 5.81. The first-order valence-corrected chi connectivity index (χ1v) is 8.49. The number of hydrogen-bond donors (Lipinski definition) is 1. The normalized spacial score (nSPS) is 30.3. The Bertz CT molecular complexity index is 264. The molecule has 0 aromatic heterocycles. The van der Waals surface area contributed by atoms with Crippen LogP contribution in [0, 0.1) is 11.3 Å². The second-order valence-corrected chi connectivity index (χ2v) is 8.10. The fraction of sp³-hybridized carbons (Fsp3) is 1.00. The molecule has 2 saturated heterocycles. The van der Waals surface area contributed by atoms with Crippen LogP contribution < -0.4 is 0 Å². The Balaban J connectivity index is 2.01. The van der Waals surface area contributed by atoms with E-state index in [0.29, 0.717) is 5.92 Å². The number of ether oxygens (including phenoxy) is 1. The second-order valence-electron chi connectivity index (χ2n) is 6.88. The summed E-state index contributed by atoms with van der Waals surface area (Å²) in [6.07, 6.45) is 5.52. The molecular weight excluding hydrogens is 244 g/mol. The van der Waals surface area contributed by atoms with Crippen LogP contribution >= 0.6 is 11.8 Å². The van der Waals surface area contributed by atoms with Gasteiger partial charge in [-0.2, -0.15) is 11.8 Å². The summed E-state index contributed by atoms with van der Waals surface area (Å²) in [4.78, 5) is 0. The number of aliphatic hydroxyl groups excluding tert-OH is 1. The zero-order valence-electron chi connectivity index (χ0n) is 12.1. The predicted octanol–water partition coefficient (Wildman–Crippen LogP) is 3.48. The summed E-state index contributed by atoms with van der Waals surface area (Å²) in [5.41, 5.74) is 0.402. The highest BCUT2D eigenvalue weighted by Gasteiger charge is 2.43.